The van der Waals surface area contributed by atoms with Crippen molar-refractivity contribution in [2.75, 3.05) is 18.6 Å². The van der Waals surface area contributed by atoms with Crippen molar-refractivity contribution in [1.82, 2.24) is 4.98 Å². The molecule has 0 N–H and O–H groups in total. The summed E-state index contributed by atoms with van der Waals surface area (Å²) in [6.45, 7) is 10.2. The zero-order chi connectivity index (χ0) is 20.7. The van der Waals surface area contributed by atoms with E-state index in [4.69, 9.17) is 9.47 Å². The van der Waals surface area contributed by atoms with Gasteiger partial charge in [0.25, 0.3) is 0 Å². The molecule has 0 radical (unpaired) electrons. The minimum absolute atomic E-state index is 0.00228. The number of carbonyl (C=O) groups is 1. The molecule has 1 atom stereocenters. The van der Waals surface area contributed by atoms with Gasteiger partial charge in [0.2, 0.25) is 0 Å². The summed E-state index contributed by atoms with van der Waals surface area (Å²) < 4.78 is 10.9. The standard InChI is InChI=1S/C23H30N2O3/c1-7-27-17(2)21-15-12-19(16-24-21)9-8-18-10-13-20(14-11-18)25(6)22(26)28-23(3,4)5/h8-17H,7H2,1-6H3/b9-8+. The Hall–Kier alpha value is -2.66. The predicted octanol–water partition coefficient (Wildman–Crippen LogP) is 5.72. The fourth-order valence-electron chi connectivity index (χ4n) is 2.53. The van der Waals surface area contributed by atoms with Crippen molar-refractivity contribution in [2.24, 2.45) is 0 Å². The molecule has 1 aromatic carbocycles. The maximum Gasteiger partial charge on any atom is 0.414 e. The monoisotopic (exact) mass is 382 g/mol. The molecule has 2 aromatic rings. The van der Waals surface area contributed by atoms with Crippen LogP contribution in [0, 0.1) is 0 Å². The molecule has 1 amide bonds. The number of benzene rings is 1. The van der Waals surface area contributed by atoms with Crippen molar-refractivity contribution in [3.05, 3.63) is 59.4 Å². The normalized spacial score (nSPS) is 12.8. The second-order valence-corrected chi connectivity index (χ2v) is 7.58. The Balaban J connectivity index is 2.01. The first kappa shape index (κ1) is 21.6. The molecule has 0 bridgehead atoms. The third-order valence-electron chi connectivity index (χ3n) is 4.06. The number of amides is 1. The van der Waals surface area contributed by atoms with Crippen molar-refractivity contribution in [3.63, 3.8) is 0 Å². The van der Waals surface area contributed by atoms with Crippen molar-refractivity contribution < 1.29 is 14.3 Å². The highest BCUT2D eigenvalue weighted by atomic mass is 16.6. The van der Waals surface area contributed by atoms with Gasteiger partial charge in [0.1, 0.15) is 5.60 Å². The topological polar surface area (TPSA) is 51.7 Å². The molecule has 1 unspecified atom stereocenters. The number of aromatic nitrogens is 1. The largest absolute Gasteiger partial charge is 0.443 e. The number of nitrogens with zero attached hydrogens (tertiary/aromatic N) is 2. The number of carbonyl (C=O) groups excluding carboxylic acids is 1. The summed E-state index contributed by atoms with van der Waals surface area (Å²) >= 11 is 0. The van der Waals surface area contributed by atoms with Crippen molar-refractivity contribution >= 4 is 23.9 Å². The minimum atomic E-state index is -0.516. The average Bonchev–Trinajstić information content (AvgIpc) is 2.65. The van der Waals surface area contributed by atoms with Gasteiger partial charge in [0.05, 0.1) is 11.8 Å². The smallest absolute Gasteiger partial charge is 0.414 e. The van der Waals surface area contributed by atoms with E-state index in [1.54, 1.807) is 7.05 Å². The van der Waals surface area contributed by atoms with Crippen molar-refractivity contribution in [3.8, 4) is 0 Å². The number of rotatable bonds is 6. The zero-order valence-electron chi connectivity index (χ0n) is 17.6. The molecule has 28 heavy (non-hydrogen) atoms. The van der Waals surface area contributed by atoms with Crippen LogP contribution >= 0.6 is 0 Å². The molecule has 2 rings (SSSR count). The summed E-state index contributed by atoms with van der Waals surface area (Å²) in [5.74, 6) is 0. The van der Waals surface area contributed by atoms with Gasteiger partial charge in [-0.15, -0.1) is 0 Å². The highest BCUT2D eigenvalue weighted by molar-refractivity contribution is 5.87. The van der Waals surface area contributed by atoms with Gasteiger partial charge in [-0.05, 0) is 63.9 Å². The third kappa shape index (κ3) is 6.50. The van der Waals surface area contributed by atoms with E-state index in [0.717, 1.165) is 22.5 Å². The Bertz CT molecular complexity index is 790. The second kappa shape index (κ2) is 9.51. The molecular weight excluding hydrogens is 352 g/mol. The van der Waals surface area contributed by atoms with E-state index in [9.17, 15) is 4.79 Å². The Labute approximate surface area is 168 Å². The van der Waals surface area contributed by atoms with Gasteiger partial charge in [0.15, 0.2) is 0 Å². The van der Waals surface area contributed by atoms with Crippen LogP contribution in [0.1, 0.15) is 57.5 Å². The summed E-state index contributed by atoms with van der Waals surface area (Å²) in [5, 5.41) is 0. The fourth-order valence-corrected chi connectivity index (χ4v) is 2.53. The molecule has 0 saturated heterocycles. The van der Waals surface area contributed by atoms with Crippen LogP contribution in [-0.2, 0) is 9.47 Å². The molecule has 5 nitrogen and oxygen atoms in total. The average molecular weight is 383 g/mol. The Morgan fingerprint density at radius 3 is 2.25 bits per heavy atom. The van der Waals surface area contributed by atoms with E-state index < -0.39 is 5.60 Å². The van der Waals surface area contributed by atoms with Crippen LogP contribution in [0.4, 0.5) is 10.5 Å². The quantitative estimate of drug-likeness (QED) is 0.641. The summed E-state index contributed by atoms with van der Waals surface area (Å²) in [4.78, 5) is 18.1. The number of hydrogen-bond acceptors (Lipinski definition) is 4. The summed E-state index contributed by atoms with van der Waals surface area (Å²) in [6, 6.07) is 11.7. The van der Waals surface area contributed by atoms with E-state index in [1.165, 1.54) is 4.90 Å². The van der Waals surface area contributed by atoms with E-state index in [-0.39, 0.29) is 12.2 Å². The molecule has 0 aliphatic rings. The van der Waals surface area contributed by atoms with Gasteiger partial charge in [-0.25, -0.2) is 4.79 Å². The fraction of sp³-hybridized carbons (Fsp3) is 0.391. The third-order valence-corrected chi connectivity index (χ3v) is 4.06. The lowest BCUT2D eigenvalue weighted by Gasteiger charge is -2.24. The highest BCUT2D eigenvalue weighted by Crippen LogP contribution is 2.19. The summed E-state index contributed by atoms with van der Waals surface area (Å²) in [5.41, 5.74) is 3.24. The summed E-state index contributed by atoms with van der Waals surface area (Å²) in [7, 11) is 1.70. The number of ether oxygens (including phenoxy) is 2. The Kier molecular flexibility index (Phi) is 7.35. The van der Waals surface area contributed by atoms with Gasteiger partial charge in [0, 0.05) is 25.5 Å². The molecule has 1 heterocycles. The molecule has 150 valence electrons. The number of anilines is 1. The molecule has 0 aliphatic heterocycles. The van der Waals surface area contributed by atoms with Gasteiger partial charge in [-0.1, -0.05) is 30.4 Å². The van der Waals surface area contributed by atoms with E-state index in [2.05, 4.69) is 4.98 Å². The first-order valence-electron chi connectivity index (χ1n) is 9.52. The first-order chi connectivity index (χ1) is 13.2. The molecule has 0 spiro atoms. The van der Waals surface area contributed by atoms with E-state index >= 15 is 0 Å². The lowest BCUT2D eigenvalue weighted by molar-refractivity contribution is 0.0589. The van der Waals surface area contributed by atoms with Crippen LogP contribution < -0.4 is 4.90 Å². The second-order valence-electron chi connectivity index (χ2n) is 7.58. The van der Waals surface area contributed by atoms with Crippen molar-refractivity contribution in [2.45, 2.75) is 46.3 Å². The molecular formula is C23H30N2O3. The molecule has 0 saturated carbocycles. The number of hydrogen-bond donors (Lipinski definition) is 0. The SMILES string of the molecule is CCOC(C)c1ccc(/C=C/c2ccc(N(C)C(=O)OC(C)(C)C)cc2)cn1. The van der Waals surface area contributed by atoms with Crippen LogP contribution in [0.3, 0.4) is 0 Å². The van der Waals surface area contributed by atoms with Crippen molar-refractivity contribution in [1.29, 1.82) is 0 Å². The molecule has 0 aliphatic carbocycles. The van der Waals surface area contributed by atoms with Crippen LogP contribution in [-0.4, -0.2) is 30.3 Å². The van der Waals surface area contributed by atoms with Gasteiger partial charge < -0.3 is 9.47 Å². The first-order valence-corrected chi connectivity index (χ1v) is 9.52. The van der Waals surface area contributed by atoms with Gasteiger partial charge >= 0.3 is 6.09 Å². The van der Waals surface area contributed by atoms with E-state index in [1.807, 2.05) is 89.4 Å². The molecule has 0 fully saturated rings. The molecule has 5 heteroatoms. The van der Waals surface area contributed by atoms with Crippen LogP contribution in [0.5, 0.6) is 0 Å². The van der Waals surface area contributed by atoms with E-state index in [0.29, 0.717) is 6.61 Å². The Morgan fingerprint density at radius 2 is 1.71 bits per heavy atom. The predicted molar refractivity (Wildman–Crippen MR) is 114 cm³/mol. The lowest BCUT2D eigenvalue weighted by Crippen LogP contribution is -2.34. The summed E-state index contributed by atoms with van der Waals surface area (Å²) in [6.07, 6.45) is 5.49. The maximum atomic E-state index is 12.1. The van der Waals surface area contributed by atoms with Crippen LogP contribution in [0.15, 0.2) is 42.6 Å². The van der Waals surface area contributed by atoms with Crippen LogP contribution in [0.2, 0.25) is 0 Å². The Morgan fingerprint density at radius 1 is 1.11 bits per heavy atom. The number of pyridine rings is 1. The van der Waals surface area contributed by atoms with Gasteiger partial charge in [-0.2, -0.15) is 0 Å². The van der Waals surface area contributed by atoms with Gasteiger partial charge in [-0.3, -0.25) is 9.88 Å². The maximum absolute atomic E-state index is 12.1. The zero-order valence-corrected chi connectivity index (χ0v) is 17.6. The molecule has 1 aromatic heterocycles. The van der Waals surface area contributed by atoms with Crippen LogP contribution in [0.25, 0.3) is 12.2 Å². The highest BCUT2D eigenvalue weighted by Gasteiger charge is 2.20. The minimum Gasteiger partial charge on any atom is -0.443 e. The lowest BCUT2D eigenvalue weighted by atomic mass is 10.1.